The third-order valence-corrected chi connectivity index (χ3v) is 5.45. The van der Waals surface area contributed by atoms with Gasteiger partial charge in [-0.15, -0.1) is 6.42 Å². The van der Waals surface area contributed by atoms with Gasteiger partial charge in [0.25, 0.3) is 0 Å². The number of nitrogens with one attached hydrogen (secondary N) is 2. The molecule has 2 N–H and O–H groups in total. The van der Waals surface area contributed by atoms with Crippen molar-refractivity contribution in [3.63, 3.8) is 0 Å². The molecule has 33 heavy (non-hydrogen) atoms. The number of hydrogen-bond donors (Lipinski definition) is 2. The van der Waals surface area contributed by atoms with E-state index >= 15 is 0 Å². The summed E-state index contributed by atoms with van der Waals surface area (Å²) >= 11 is 1.57. The fraction of sp³-hybridized carbons (Fsp3) is 0.560. The molecule has 0 aliphatic rings. The van der Waals surface area contributed by atoms with Crippen LogP contribution in [0.25, 0.3) is 0 Å². The first-order chi connectivity index (χ1) is 15.5. The normalized spacial score (nSPS) is 12.8. The molecule has 182 valence electrons. The Morgan fingerprint density at radius 2 is 1.85 bits per heavy atom. The Hall–Kier alpha value is -2.66. The molecular formula is C25H37N3O4S. The summed E-state index contributed by atoms with van der Waals surface area (Å²) in [5.41, 5.74) is 0.630. The van der Waals surface area contributed by atoms with Crippen LogP contribution in [0, 0.1) is 12.3 Å². The van der Waals surface area contributed by atoms with Gasteiger partial charge in [-0.1, -0.05) is 31.4 Å². The van der Waals surface area contributed by atoms with Crippen molar-refractivity contribution in [2.45, 2.75) is 64.6 Å². The maximum Gasteiger partial charge on any atom is 0.408 e. The van der Waals surface area contributed by atoms with Crippen molar-refractivity contribution >= 4 is 29.7 Å². The van der Waals surface area contributed by atoms with Crippen LogP contribution in [0.1, 0.15) is 64.1 Å². The van der Waals surface area contributed by atoms with Crippen LogP contribution in [0.15, 0.2) is 24.3 Å². The van der Waals surface area contributed by atoms with Crippen molar-refractivity contribution in [2.24, 2.45) is 0 Å². The number of ether oxygens (including phenoxy) is 1. The topological polar surface area (TPSA) is 87.7 Å². The van der Waals surface area contributed by atoms with Gasteiger partial charge < -0.3 is 20.3 Å². The quantitative estimate of drug-likeness (QED) is 0.376. The number of amides is 3. The van der Waals surface area contributed by atoms with Crippen molar-refractivity contribution in [3.8, 4) is 12.3 Å². The number of rotatable bonds is 11. The Bertz CT molecular complexity index is 828. The molecular weight excluding hydrogens is 438 g/mol. The van der Waals surface area contributed by atoms with Crippen LogP contribution in [0.4, 0.5) is 4.79 Å². The van der Waals surface area contributed by atoms with Gasteiger partial charge in [0, 0.05) is 19.2 Å². The summed E-state index contributed by atoms with van der Waals surface area (Å²) in [5.74, 6) is 2.56. The number of hydrogen-bond acceptors (Lipinski definition) is 5. The molecule has 0 fully saturated rings. The molecule has 1 aromatic rings. The van der Waals surface area contributed by atoms with Gasteiger partial charge in [0.1, 0.15) is 17.7 Å². The van der Waals surface area contributed by atoms with Crippen LogP contribution in [0.2, 0.25) is 0 Å². The van der Waals surface area contributed by atoms with Crippen molar-refractivity contribution < 1.29 is 19.1 Å². The van der Waals surface area contributed by atoms with E-state index in [0.29, 0.717) is 29.8 Å². The molecule has 3 amide bonds. The van der Waals surface area contributed by atoms with Gasteiger partial charge >= 0.3 is 6.09 Å². The van der Waals surface area contributed by atoms with Crippen LogP contribution in [0.5, 0.6) is 0 Å². The minimum Gasteiger partial charge on any atom is -0.444 e. The van der Waals surface area contributed by atoms with Crippen LogP contribution >= 0.6 is 11.8 Å². The molecule has 1 aromatic carbocycles. The Kier molecular flexibility index (Phi) is 11.9. The van der Waals surface area contributed by atoms with E-state index in [1.165, 1.54) is 4.90 Å². The Labute approximate surface area is 202 Å². The second-order valence-electron chi connectivity index (χ2n) is 8.74. The van der Waals surface area contributed by atoms with E-state index in [1.54, 1.807) is 63.8 Å². The van der Waals surface area contributed by atoms with Crippen LogP contribution in [-0.2, 0) is 14.3 Å². The summed E-state index contributed by atoms with van der Waals surface area (Å²) in [5, 5.41) is 5.59. The van der Waals surface area contributed by atoms with E-state index in [2.05, 4.69) is 16.6 Å². The number of unbranched alkanes of at least 4 members (excludes halogenated alkanes) is 1. The molecule has 8 heteroatoms. The number of benzene rings is 1. The lowest BCUT2D eigenvalue weighted by Crippen LogP contribution is -2.52. The number of alkyl carbamates (subject to hydrolysis) is 1. The molecule has 0 bridgehead atoms. The summed E-state index contributed by atoms with van der Waals surface area (Å²) < 4.78 is 5.34. The van der Waals surface area contributed by atoms with E-state index in [4.69, 9.17) is 11.2 Å². The zero-order chi connectivity index (χ0) is 25.0. The first-order valence-corrected chi connectivity index (χ1v) is 12.5. The Morgan fingerprint density at radius 3 is 2.36 bits per heavy atom. The van der Waals surface area contributed by atoms with E-state index in [1.807, 2.05) is 13.2 Å². The third kappa shape index (κ3) is 9.79. The largest absolute Gasteiger partial charge is 0.444 e. The molecule has 0 aliphatic heterocycles. The average Bonchev–Trinajstić information content (AvgIpc) is 2.75. The van der Waals surface area contributed by atoms with Gasteiger partial charge in [0.2, 0.25) is 11.8 Å². The number of carbonyl (C=O) groups is 3. The smallest absolute Gasteiger partial charge is 0.408 e. The minimum atomic E-state index is -0.863. The van der Waals surface area contributed by atoms with Crippen molar-refractivity contribution in [1.82, 2.24) is 15.5 Å². The SMILES string of the molecule is C#Cc1ccc(C(C(=O)NCCCC)N(C)C(=O)C(CCSC)NC(=O)OC(C)(C)C)cc1. The fourth-order valence-corrected chi connectivity index (χ4v) is 3.58. The Morgan fingerprint density at radius 1 is 1.21 bits per heavy atom. The molecule has 0 heterocycles. The highest BCUT2D eigenvalue weighted by molar-refractivity contribution is 7.98. The van der Waals surface area contributed by atoms with Gasteiger partial charge in [0.15, 0.2) is 0 Å². The van der Waals surface area contributed by atoms with Gasteiger partial charge in [-0.05, 0) is 63.3 Å². The van der Waals surface area contributed by atoms with E-state index in [-0.39, 0.29) is 11.8 Å². The first-order valence-electron chi connectivity index (χ1n) is 11.1. The molecule has 0 aromatic heterocycles. The summed E-state index contributed by atoms with van der Waals surface area (Å²) in [7, 11) is 1.57. The highest BCUT2D eigenvalue weighted by atomic mass is 32.2. The van der Waals surface area contributed by atoms with E-state index in [0.717, 1.165) is 12.8 Å². The zero-order valence-electron chi connectivity index (χ0n) is 20.6. The van der Waals surface area contributed by atoms with Gasteiger partial charge in [0.05, 0.1) is 0 Å². The average molecular weight is 476 g/mol. The first kappa shape index (κ1) is 28.4. The maximum absolute atomic E-state index is 13.5. The van der Waals surface area contributed by atoms with Gasteiger partial charge in [-0.25, -0.2) is 4.79 Å². The van der Waals surface area contributed by atoms with E-state index < -0.39 is 23.8 Å². The summed E-state index contributed by atoms with van der Waals surface area (Å²) in [4.78, 5) is 40.3. The second-order valence-corrected chi connectivity index (χ2v) is 9.73. The van der Waals surface area contributed by atoms with Gasteiger partial charge in [-0.2, -0.15) is 11.8 Å². The van der Waals surface area contributed by atoms with Crippen LogP contribution < -0.4 is 10.6 Å². The van der Waals surface area contributed by atoms with Crippen LogP contribution in [0.3, 0.4) is 0 Å². The summed E-state index contributed by atoms with van der Waals surface area (Å²) in [6.07, 6.45) is 8.89. The second kappa shape index (κ2) is 13.8. The maximum atomic E-state index is 13.5. The molecule has 0 saturated heterocycles. The zero-order valence-corrected chi connectivity index (χ0v) is 21.4. The minimum absolute atomic E-state index is 0.284. The number of nitrogens with zero attached hydrogens (tertiary/aromatic N) is 1. The Balaban J connectivity index is 3.18. The molecule has 0 radical (unpaired) electrons. The monoisotopic (exact) mass is 475 g/mol. The molecule has 0 aliphatic carbocycles. The highest BCUT2D eigenvalue weighted by Crippen LogP contribution is 2.22. The molecule has 1 rings (SSSR count). The number of terminal acetylenes is 1. The van der Waals surface area contributed by atoms with Crippen LogP contribution in [-0.4, -0.2) is 60.1 Å². The summed E-state index contributed by atoms with van der Waals surface area (Å²) in [6.45, 7) is 7.83. The molecule has 0 saturated carbocycles. The van der Waals surface area contributed by atoms with Gasteiger partial charge in [-0.3, -0.25) is 9.59 Å². The van der Waals surface area contributed by atoms with E-state index in [9.17, 15) is 14.4 Å². The molecule has 2 atom stereocenters. The standard InChI is InChI=1S/C25H37N3O4S/c1-8-10-16-26-22(29)21(19-13-11-18(9-2)12-14-19)28(6)23(30)20(15-17-33-7)27-24(31)32-25(3,4)5/h2,11-14,20-21H,8,10,15-17H2,1,3-7H3,(H,26,29)(H,27,31). The highest BCUT2D eigenvalue weighted by Gasteiger charge is 2.33. The number of thioether (sulfide) groups is 1. The predicted molar refractivity (Wildman–Crippen MR) is 134 cm³/mol. The van der Waals surface area contributed by atoms with Crippen molar-refractivity contribution in [1.29, 1.82) is 0 Å². The number of likely N-dealkylation sites (N-methyl/N-ethyl adjacent to an activating group) is 1. The molecule has 0 spiro atoms. The summed E-state index contributed by atoms with van der Waals surface area (Å²) in [6, 6.07) is 5.29. The fourth-order valence-electron chi connectivity index (χ4n) is 3.11. The predicted octanol–water partition coefficient (Wildman–Crippen LogP) is 3.73. The lowest BCUT2D eigenvalue weighted by molar-refractivity contribution is -0.140. The lowest BCUT2D eigenvalue weighted by Gasteiger charge is -2.31. The van der Waals surface area contributed by atoms with Crippen molar-refractivity contribution in [3.05, 3.63) is 35.4 Å². The van der Waals surface area contributed by atoms with Crippen molar-refractivity contribution in [2.75, 3.05) is 25.6 Å². The lowest BCUT2D eigenvalue weighted by atomic mass is 10.0. The molecule has 7 nitrogen and oxygen atoms in total. The third-order valence-electron chi connectivity index (χ3n) is 4.81. The molecule has 2 unspecified atom stereocenters. The number of carbonyl (C=O) groups excluding carboxylic acids is 3.